The van der Waals surface area contributed by atoms with E-state index in [0.29, 0.717) is 5.82 Å². The molecule has 0 bridgehead atoms. The van der Waals surface area contributed by atoms with E-state index in [9.17, 15) is 0 Å². The Labute approximate surface area is 95.9 Å². The summed E-state index contributed by atoms with van der Waals surface area (Å²) in [5, 5.41) is 4.30. The molecular formula is C13H17N3. The second-order valence-electron chi connectivity index (χ2n) is 4.05. The molecule has 0 aliphatic carbocycles. The normalized spacial score (nSPS) is 10.6. The molecule has 16 heavy (non-hydrogen) atoms. The van der Waals surface area contributed by atoms with Gasteiger partial charge < -0.3 is 5.73 Å². The highest BCUT2D eigenvalue weighted by atomic mass is 15.3. The van der Waals surface area contributed by atoms with E-state index < -0.39 is 0 Å². The third-order valence-corrected chi connectivity index (χ3v) is 2.55. The Morgan fingerprint density at radius 1 is 1.31 bits per heavy atom. The minimum atomic E-state index is 0.588. The summed E-state index contributed by atoms with van der Waals surface area (Å²) in [6.07, 6.45) is 1.06. The van der Waals surface area contributed by atoms with Crippen LogP contribution in [-0.4, -0.2) is 9.78 Å². The number of nitrogens with zero attached hydrogens (tertiary/aromatic N) is 2. The minimum absolute atomic E-state index is 0.588. The van der Waals surface area contributed by atoms with E-state index in [1.54, 1.807) is 0 Å². The fraction of sp³-hybridized carbons (Fsp3) is 0.308. The van der Waals surface area contributed by atoms with Gasteiger partial charge in [-0.05, 0) is 19.4 Å². The Morgan fingerprint density at radius 3 is 2.81 bits per heavy atom. The molecule has 1 heterocycles. The van der Waals surface area contributed by atoms with E-state index >= 15 is 0 Å². The lowest BCUT2D eigenvalue weighted by atomic mass is 10.1. The van der Waals surface area contributed by atoms with Gasteiger partial charge in [-0.25, -0.2) is 0 Å². The zero-order chi connectivity index (χ0) is 11.5. The molecule has 0 saturated carbocycles. The van der Waals surface area contributed by atoms with Crippen molar-refractivity contribution in [2.75, 3.05) is 5.73 Å². The molecule has 0 fully saturated rings. The zero-order valence-corrected chi connectivity index (χ0v) is 9.77. The summed E-state index contributed by atoms with van der Waals surface area (Å²) in [6, 6.07) is 10.3. The summed E-state index contributed by atoms with van der Waals surface area (Å²) in [4.78, 5) is 0. The van der Waals surface area contributed by atoms with Crippen LogP contribution in [0.25, 0.3) is 11.3 Å². The van der Waals surface area contributed by atoms with Crippen LogP contribution in [0, 0.1) is 6.92 Å². The van der Waals surface area contributed by atoms with Gasteiger partial charge in [0.15, 0.2) is 0 Å². The number of aryl methyl sites for hydroxylation is 2. The molecule has 84 valence electrons. The standard InChI is InChI=1S/C13H17N3/c1-3-7-16-12(9-13(14)15-16)11-6-4-5-10(2)8-11/h4-6,8-9H,3,7H2,1-2H3,(H2,14,15). The van der Waals surface area contributed by atoms with Gasteiger partial charge in [0, 0.05) is 18.2 Å². The molecule has 0 aliphatic heterocycles. The van der Waals surface area contributed by atoms with Crippen molar-refractivity contribution in [3.8, 4) is 11.3 Å². The highest BCUT2D eigenvalue weighted by Crippen LogP contribution is 2.22. The molecule has 0 unspecified atom stereocenters. The number of benzene rings is 1. The second-order valence-corrected chi connectivity index (χ2v) is 4.05. The van der Waals surface area contributed by atoms with E-state index in [1.807, 2.05) is 10.7 Å². The first-order valence-corrected chi connectivity index (χ1v) is 5.61. The quantitative estimate of drug-likeness (QED) is 0.855. The van der Waals surface area contributed by atoms with Crippen molar-refractivity contribution in [2.24, 2.45) is 0 Å². The number of nitrogen functional groups attached to an aromatic ring is 1. The molecule has 0 saturated heterocycles. The third kappa shape index (κ3) is 2.08. The van der Waals surface area contributed by atoms with Gasteiger partial charge in [-0.1, -0.05) is 30.7 Å². The van der Waals surface area contributed by atoms with Crippen molar-refractivity contribution in [3.63, 3.8) is 0 Å². The summed E-state index contributed by atoms with van der Waals surface area (Å²) >= 11 is 0. The maximum absolute atomic E-state index is 5.75. The Bertz CT molecular complexity index is 486. The van der Waals surface area contributed by atoms with Crippen molar-refractivity contribution in [1.82, 2.24) is 9.78 Å². The molecule has 2 N–H and O–H groups in total. The Hall–Kier alpha value is -1.77. The van der Waals surface area contributed by atoms with Crippen molar-refractivity contribution in [2.45, 2.75) is 26.8 Å². The fourth-order valence-electron chi connectivity index (χ4n) is 1.86. The molecule has 0 atom stereocenters. The summed E-state index contributed by atoms with van der Waals surface area (Å²) in [5.74, 6) is 0.588. The van der Waals surface area contributed by atoms with Crippen LogP contribution in [0.15, 0.2) is 30.3 Å². The van der Waals surface area contributed by atoms with Gasteiger partial charge in [0.1, 0.15) is 5.82 Å². The molecule has 0 radical (unpaired) electrons. The summed E-state index contributed by atoms with van der Waals surface area (Å²) in [5.41, 5.74) is 9.28. The fourth-order valence-corrected chi connectivity index (χ4v) is 1.86. The predicted molar refractivity (Wildman–Crippen MR) is 67.1 cm³/mol. The first-order chi connectivity index (χ1) is 7.70. The predicted octanol–water partition coefficient (Wildman–Crippen LogP) is 2.85. The second kappa shape index (κ2) is 4.39. The first kappa shape index (κ1) is 10.7. The molecule has 2 aromatic rings. The summed E-state index contributed by atoms with van der Waals surface area (Å²) in [6.45, 7) is 5.13. The lowest BCUT2D eigenvalue weighted by Crippen LogP contribution is -2.01. The van der Waals surface area contributed by atoms with Crippen LogP contribution in [-0.2, 0) is 6.54 Å². The number of rotatable bonds is 3. The van der Waals surface area contributed by atoms with Gasteiger partial charge in [-0.3, -0.25) is 4.68 Å². The number of nitrogens with two attached hydrogens (primary N) is 1. The molecule has 0 spiro atoms. The maximum Gasteiger partial charge on any atom is 0.146 e. The smallest absolute Gasteiger partial charge is 0.146 e. The molecule has 2 rings (SSSR count). The molecule has 1 aromatic carbocycles. The van der Waals surface area contributed by atoms with Gasteiger partial charge in [0.25, 0.3) is 0 Å². The van der Waals surface area contributed by atoms with E-state index in [0.717, 1.165) is 18.7 Å². The van der Waals surface area contributed by atoms with Crippen LogP contribution >= 0.6 is 0 Å². The van der Waals surface area contributed by atoms with Crippen molar-refractivity contribution in [1.29, 1.82) is 0 Å². The zero-order valence-electron chi connectivity index (χ0n) is 9.77. The lowest BCUT2D eigenvalue weighted by Gasteiger charge is -2.06. The van der Waals surface area contributed by atoms with Crippen LogP contribution in [0.4, 0.5) is 5.82 Å². The van der Waals surface area contributed by atoms with Crippen LogP contribution in [0.5, 0.6) is 0 Å². The van der Waals surface area contributed by atoms with Crippen LogP contribution in [0.3, 0.4) is 0 Å². The van der Waals surface area contributed by atoms with Crippen molar-refractivity contribution in [3.05, 3.63) is 35.9 Å². The van der Waals surface area contributed by atoms with Crippen molar-refractivity contribution < 1.29 is 0 Å². The maximum atomic E-state index is 5.75. The minimum Gasteiger partial charge on any atom is -0.382 e. The van der Waals surface area contributed by atoms with Gasteiger partial charge in [-0.2, -0.15) is 5.10 Å². The molecular weight excluding hydrogens is 198 g/mol. The first-order valence-electron chi connectivity index (χ1n) is 5.61. The Balaban J connectivity index is 2.46. The Kier molecular flexibility index (Phi) is 2.95. The number of hydrogen-bond donors (Lipinski definition) is 1. The lowest BCUT2D eigenvalue weighted by molar-refractivity contribution is 0.611. The number of anilines is 1. The summed E-state index contributed by atoms with van der Waals surface area (Å²) in [7, 11) is 0. The largest absolute Gasteiger partial charge is 0.382 e. The van der Waals surface area contributed by atoms with E-state index in [-0.39, 0.29) is 0 Å². The van der Waals surface area contributed by atoms with Crippen LogP contribution in [0.1, 0.15) is 18.9 Å². The average molecular weight is 215 g/mol. The molecule has 1 aromatic heterocycles. The monoisotopic (exact) mass is 215 g/mol. The summed E-state index contributed by atoms with van der Waals surface area (Å²) < 4.78 is 1.98. The topological polar surface area (TPSA) is 43.8 Å². The SMILES string of the molecule is CCCn1nc(N)cc1-c1cccc(C)c1. The average Bonchev–Trinajstić information content (AvgIpc) is 2.60. The highest BCUT2D eigenvalue weighted by Gasteiger charge is 2.07. The molecule has 0 amide bonds. The van der Waals surface area contributed by atoms with Gasteiger partial charge in [0.05, 0.1) is 5.69 Å². The molecule has 3 nitrogen and oxygen atoms in total. The number of aromatic nitrogens is 2. The number of hydrogen-bond acceptors (Lipinski definition) is 2. The van der Waals surface area contributed by atoms with E-state index in [4.69, 9.17) is 5.73 Å². The molecule has 0 aliphatic rings. The van der Waals surface area contributed by atoms with Gasteiger partial charge in [-0.15, -0.1) is 0 Å². The molecule has 3 heteroatoms. The van der Waals surface area contributed by atoms with Gasteiger partial charge >= 0.3 is 0 Å². The van der Waals surface area contributed by atoms with E-state index in [2.05, 4.69) is 43.2 Å². The van der Waals surface area contributed by atoms with Crippen molar-refractivity contribution >= 4 is 5.82 Å². The third-order valence-electron chi connectivity index (χ3n) is 2.55. The van der Waals surface area contributed by atoms with Crippen LogP contribution < -0.4 is 5.73 Å². The Morgan fingerprint density at radius 2 is 2.12 bits per heavy atom. The highest BCUT2D eigenvalue weighted by molar-refractivity contribution is 5.63. The van der Waals surface area contributed by atoms with Crippen LogP contribution in [0.2, 0.25) is 0 Å². The van der Waals surface area contributed by atoms with Gasteiger partial charge in [0.2, 0.25) is 0 Å². The van der Waals surface area contributed by atoms with E-state index in [1.165, 1.54) is 11.1 Å².